The van der Waals surface area contributed by atoms with Gasteiger partial charge in [0, 0.05) is 47.8 Å². The van der Waals surface area contributed by atoms with Gasteiger partial charge in [0.1, 0.15) is 36.6 Å². The number of fused-ring (bicyclic) bond motifs is 3. The molecule has 0 amide bonds. The van der Waals surface area contributed by atoms with Crippen molar-refractivity contribution in [3.63, 3.8) is 0 Å². The first-order chi connectivity index (χ1) is 25.9. The van der Waals surface area contributed by atoms with E-state index in [2.05, 4.69) is 18.2 Å². The average molecular weight is 743 g/mol. The molecule has 5 aliphatic heterocycles. The molecule has 6 bridgehead atoms. The van der Waals surface area contributed by atoms with Crippen molar-refractivity contribution in [2.75, 3.05) is 26.7 Å². The normalized spacial score (nSPS) is 42.3. The average Bonchev–Trinajstić information content (AvgIpc) is 3.78. The smallest absolute Gasteiger partial charge is 0.338 e. The summed E-state index contributed by atoms with van der Waals surface area (Å²) < 4.78 is 32.4. The third-order valence-corrected chi connectivity index (χ3v) is 14.1. The zero-order valence-electron chi connectivity index (χ0n) is 32.2. The van der Waals surface area contributed by atoms with Crippen molar-refractivity contribution in [2.45, 2.75) is 109 Å². The van der Waals surface area contributed by atoms with E-state index in [9.17, 15) is 19.5 Å². The molecule has 10 heteroatoms. The third-order valence-electron chi connectivity index (χ3n) is 14.1. The summed E-state index contributed by atoms with van der Waals surface area (Å²) in [4.78, 5) is 40.8. The molecule has 9 rings (SSSR count). The zero-order valence-corrected chi connectivity index (χ0v) is 32.2. The number of ether oxygens (including phenoxy) is 5. The molecule has 5 heterocycles. The number of methoxy groups -OCH3 is 1. The van der Waals surface area contributed by atoms with Gasteiger partial charge >= 0.3 is 17.9 Å². The van der Waals surface area contributed by atoms with Crippen molar-refractivity contribution >= 4 is 17.9 Å². The van der Waals surface area contributed by atoms with E-state index in [4.69, 9.17) is 23.7 Å². The van der Waals surface area contributed by atoms with Crippen molar-refractivity contribution in [2.24, 2.45) is 35.5 Å². The number of quaternary nitrogens is 1. The first-order valence-corrected chi connectivity index (χ1v) is 20.1. The Morgan fingerprint density at radius 2 is 1.85 bits per heavy atom. The quantitative estimate of drug-likeness (QED) is 0.156. The van der Waals surface area contributed by atoms with Gasteiger partial charge in [-0.1, -0.05) is 62.4 Å². The van der Waals surface area contributed by atoms with Gasteiger partial charge in [-0.2, -0.15) is 0 Å². The largest absolute Gasteiger partial charge is 0.456 e. The monoisotopic (exact) mass is 742 g/mol. The third kappa shape index (κ3) is 6.40. The van der Waals surface area contributed by atoms with Gasteiger partial charge in [0.25, 0.3) is 0 Å². The predicted octanol–water partition coefficient (Wildman–Crippen LogP) is 5.64. The van der Waals surface area contributed by atoms with E-state index in [-0.39, 0.29) is 30.1 Å². The van der Waals surface area contributed by atoms with Crippen LogP contribution in [0.3, 0.4) is 0 Å². The minimum Gasteiger partial charge on any atom is -0.456 e. The van der Waals surface area contributed by atoms with E-state index in [1.165, 1.54) is 46.0 Å². The molecule has 10 nitrogen and oxygen atoms in total. The summed E-state index contributed by atoms with van der Waals surface area (Å²) >= 11 is 0. The first kappa shape index (κ1) is 37.4. The maximum atomic E-state index is 13.9. The zero-order chi connectivity index (χ0) is 37.9. The summed E-state index contributed by atoms with van der Waals surface area (Å²) in [5.74, 6) is -2.17. The fourth-order valence-corrected chi connectivity index (χ4v) is 11.1. The second-order valence-electron chi connectivity index (χ2n) is 17.3. The Morgan fingerprint density at radius 3 is 2.56 bits per heavy atom. The highest BCUT2D eigenvalue weighted by atomic mass is 16.6. The Labute approximate surface area is 318 Å². The topological polar surface area (TPSA) is 118 Å². The summed E-state index contributed by atoms with van der Waals surface area (Å²) in [6, 6.07) is 7.77. The summed E-state index contributed by atoms with van der Waals surface area (Å²) in [7, 11) is 1.49. The molecule has 1 saturated carbocycles. The molecule has 0 radical (unpaired) electrons. The van der Waals surface area contributed by atoms with E-state index in [1.54, 1.807) is 19.1 Å². The summed E-state index contributed by atoms with van der Waals surface area (Å²) in [5.41, 5.74) is 2.10. The molecule has 5 fully saturated rings. The Morgan fingerprint density at radius 1 is 1.09 bits per heavy atom. The molecule has 1 N–H and O–H groups in total. The highest BCUT2D eigenvalue weighted by Gasteiger charge is 2.69. The Hall–Kier alpha value is -3.57. The number of hydrogen-bond acceptors (Lipinski definition) is 9. The molecular formula is C44H56NO9+. The van der Waals surface area contributed by atoms with Crippen molar-refractivity contribution in [1.29, 1.82) is 0 Å². The van der Waals surface area contributed by atoms with Crippen molar-refractivity contribution in [3.8, 4) is 0 Å². The van der Waals surface area contributed by atoms with Crippen LogP contribution < -0.4 is 0 Å². The van der Waals surface area contributed by atoms with Gasteiger partial charge in [-0.3, -0.25) is 0 Å². The summed E-state index contributed by atoms with van der Waals surface area (Å²) in [6.45, 7) is 12.2. The predicted molar refractivity (Wildman–Crippen MR) is 200 cm³/mol. The van der Waals surface area contributed by atoms with Crippen LogP contribution in [-0.2, 0) is 39.8 Å². The van der Waals surface area contributed by atoms with Gasteiger partial charge in [0.15, 0.2) is 6.10 Å². The van der Waals surface area contributed by atoms with Crippen LogP contribution in [0.1, 0.15) is 75.7 Å². The Kier molecular flexibility index (Phi) is 10.0. The van der Waals surface area contributed by atoms with E-state index in [1.807, 2.05) is 51.1 Å². The van der Waals surface area contributed by atoms with E-state index < -0.39 is 66.1 Å². The van der Waals surface area contributed by atoms with Gasteiger partial charge in [0.2, 0.25) is 0 Å². The number of hydrogen-bond donors (Lipinski definition) is 1. The van der Waals surface area contributed by atoms with Crippen LogP contribution in [0.25, 0.3) is 0 Å². The number of carbonyl (C=O) groups excluding carboxylic acids is 3. The SMILES string of the molecule is CO[C@H]1CC2C=C[C@H]3[C@H]4O[C@]2(/C(C)=C/[C@@H](C)[C@@H]([C@@H](C)OC(=O)c2cccc(C[N+]56CCC(CC5)CC6)c2)OC1=O)[C@@H]3[C@H](O)[C@@H](C)[C@H]4OC(=O)C1=CC=CC1. The molecule has 1 aromatic rings. The number of aliphatic hydroxyl groups excluding tert-OH is 1. The van der Waals surface area contributed by atoms with Crippen molar-refractivity contribution in [1.82, 2.24) is 0 Å². The van der Waals surface area contributed by atoms with Crippen molar-refractivity contribution in [3.05, 3.63) is 83.0 Å². The fourth-order valence-electron chi connectivity index (χ4n) is 11.1. The van der Waals surface area contributed by atoms with Gasteiger partial charge in [-0.05, 0) is 69.6 Å². The second kappa shape index (κ2) is 14.5. The standard InChI is InChI=1S/C44H56NO9/c1-25-21-26(2)44-33(13-14-34-36(44)37(46)27(3)39(40(34)54-44)53-41(47)31-10-6-7-11-31)23-35(50-5)43(49)52-38(25)28(4)51-42(48)32-12-8-9-30(22-32)24-45-18-15-29(16-19-45)17-20-45/h6-10,12-14,21-22,25,27-29,33-40,46H,11,15-20,23-24H2,1-5H3/q+1/b26-21+/t25-,27-,28-,29?,33?,34-,35+,36+,37-,38+,39-,40-,44+,45?/m1/s1. The van der Waals surface area contributed by atoms with Crippen molar-refractivity contribution < 1.29 is 47.7 Å². The number of cyclic esters (lactones) is 1. The molecule has 1 spiro atoms. The van der Waals surface area contributed by atoms with Crippen LogP contribution in [-0.4, -0.2) is 96.5 Å². The highest BCUT2D eigenvalue weighted by Crippen LogP contribution is 2.61. The molecule has 8 aliphatic rings. The maximum absolute atomic E-state index is 13.9. The lowest BCUT2D eigenvalue weighted by Crippen LogP contribution is -2.57. The number of carbonyl (C=O) groups is 3. The lowest BCUT2D eigenvalue weighted by atomic mass is 9.57. The van der Waals surface area contributed by atoms with Gasteiger partial charge in [0.05, 0.1) is 31.3 Å². The molecule has 0 aromatic heterocycles. The summed E-state index contributed by atoms with van der Waals surface area (Å²) in [6.07, 6.45) is 11.8. The van der Waals surface area contributed by atoms with Crippen LogP contribution in [0.15, 0.2) is 71.9 Å². The van der Waals surface area contributed by atoms with Gasteiger partial charge in [-0.15, -0.1) is 0 Å². The van der Waals surface area contributed by atoms with Crippen LogP contribution in [0.2, 0.25) is 0 Å². The van der Waals surface area contributed by atoms with E-state index in [0.717, 1.165) is 28.1 Å². The van der Waals surface area contributed by atoms with E-state index >= 15 is 0 Å². The maximum Gasteiger partial charge on any atom is 0.338 e. The van der Waals surface area contributed by atoms with Crippen LogP contribution in [0, 0.1) is 35.5 Å². The molecular weight excluding hydrogens is 686 g/mol. The number of piperidine rings is 3. The van der Waals surface area contributed by atoms with Gasteiger partial charge in [-0.25, -0.2) is 14.4 Å². The lowest BCUT2D eigenvalue weighted by molar-refractivity contribution is -0.955. The molecule has 290 valence electrons. The summed E-state index contributed by atoms with van der Waals surface area (Å²) in [5, 5.41) is 12.0. The Bertz CT molecular complexity index is 1760. The number of benzene rings is 1. The van der Waals surface area contributed by atoms with Crippen LogP contribution in [0.5, 0.6) is 0 Å². The number of rotatable bonds is 8. The molecule has 1 unspecified atom stereocenters. The fraction of sp³-hybridized carbons (Fsp3) is 0.614. The molecule has 54 heavy (non-hydrogen) atoms. The lowest BCUT2D eigenvalue weighted by Gasteiger charge is -2.49. The first-order valence-electron chi connectivity index (χ1n) is 20.1. The molecule has 1 aromatic carbocycles. The minimum absolute atomic E-state index is 0.201. The molecule has 3 aliphatic carbocycles. The number of nitrogens with zero attached hydrogens (tertiary/aromatic N) is 1. The van der Waals surface area contributed by atoms with Gasteiger partial charge < -0.3 is 33.3 Å². The van der Waals surface area contributed by atoms with Crippen LogP contribution >= 0.6 is 0 Å². The number of esters is 3. The van der Waals surface area contributed by atoms with Crippen LogP contribution in [0.4, 0.5) is 0 Å². The number of allylic oxidation sites excluding steroid dienone is 3. The van der Waals surface area contributed by atoms with E-state index in [0.29, 0.717) is 17.6 Å². The highest BCUT2D eigenvalue weighted by molar-refractivity contribution is 5.90. The number of aliphatic hydroxyl groups is 1. The Balaban J connectivity index is 1.05. The molecule has 4 saturated heterocycles. The molecule has 12 atom stereocenters. The second-order valence-corrected chi connectivity index (χ2v) is 17.3. The minimum atomic E-state index is -0.990.